The third-order valence-corrected chi connectivity index (χ3v) is 4.19. The molecule has 104 valence electrons. The van der Waals surface area contributed by atoms with Crippen LogP contribution in [-0.4, -0.2) is 28.5 Å². The van der Waals surface area contributed by atoms with Crippen molar-refractivity contribution in [2.75, 3.05) is 6.54 Å². The number of H-pyrrole nitrogens is 1. The van der Waals surface area contributed by atoms with E-state index in [1.54, 1.807) is 12.3 Å². The predicted octanol–water partition coefficient (Wildman–Crippen LogP) is 2.15. The summed E-state index contributed by atoms with van der Waals surface area (Å²) in [6, 6.07) is 7.31. The number of hydrogen-bond donors (Lipinski definition) is 3. The highest BCUT2D eigenvalue weighted by atomic mass is 16.4. The summed E-state index contributed by atoms with van der Waals surface area (Å²) < 4.78 is 0. The zero-order valence-corrected chi connectivity index (χ0v) is 11.0. The lowest BCUT2D eigenvalue weighted by Gasteiger charge is -2.37. The van der Waals surface area contributed by atoms with Crippen LogP contribution in [0.2, 0.25) is 0 Å². The molecule has 20 heavy (non-hydrogen) atoms. The van der Waals surface area contributed by atoms with E-state index in [9.17, 15) is 14.7 Å². The van der Waals surface area contributed by atoms with Crippen LogP contribution in [0.15, 0.2) is 30.5 Å². The monoisotopic (exact) mass is 272 g/mol. The van der Waals surface area contributed by atoms with Gasteiger partial charge < -0.3 is 15.4 Å². The number of fused-ring (bicyclic) bond motifs is 1. The Hall–Kier alpha value is -2.30. The number of aliphatic carboxylic acids is 1. The molecule has 0 spiro atoms. The standard InChI is InChI=1S/C15H16N2O3/c18-13(17-9-15(14(19)20)6-2-7-15)11-3-1-4-12-10(11)5-8-16-12/h1,3-5,8,16H,2,6-7,9H2,(H,17,18)(H,19,20). The normalized spacial score (nSPS) is 16.6. The summed E-state index contributed by atoms with van der Waals surface area (Å²) in [5.74, 6) is -1.04. The van der Waals surface area contributed by atoms with E-state index in [0.717, 1.165) is 17.3 Å². The molecule has 0 aliphatic heterocycles. The number of aromatic nitrogens is 1. The van der Waals surface area contributed by atoms with Gasteiger partial charge in [-0.1, -0.05) is 12.5 Å². The Balaban J connectivity index is 1.77. The Bertz CT molecular complexity index is 671. The fraction of sp³-hybridized carbons (Fsp3) is 0.333. The van der Waals surface area contributed by atoms with Gasteiger partial charge in [-0.25, -0.2) is 0 Å². The third-order valence-electron chi connectivity index (χ3n) is 4.19. The molecule has 1 heterocycles. The van der Waals surface area contributed by atoms with Crippen molar-refractivity contribution in [3.63, 3.8) is 0 Å². The first kappa shape index (κ1) is 12.7. The van der Waals surface area contributed by atoms with Crippen molar-refractivity contribution >= 4 is 22.8 Å². The number of aromatic amines is 1. The van der Waals surface area contributed by atoms with Crippen LogP contribution in [-0.2, 0) is 4.79 Å². The number of rotatable bonds is 4. The van der Waals surface area contributed by atoms with Crippen LogP contribution in [0.4, 0.5) is 0 Å². The van der Waals surface area contributed by atoms with E-state index in [-0.39, 0.29) is 12.5 Å². The largest absolute Gasteiger partial charge is 0.481 e. The van der Waals surface area contributed by atoms with E-state index in [0.29, 0.717) is 18.4 Å². The number of amides is 1. The first-order valence-electron chi connectivity index (χ1n) is 6.70. The van der Waals surface area contributed by atoms with E-state index in [2.05, 4.69) is 10.3 Å². The molecule has 1 amide bonds. The number of carboxylic acid groups (broad SMARTS) is 1. The fourth-order valence-corrected chi connectivity index (χ4v) is 2.70. The zero-order chi connectivity index (χ0) is 14.2. The smallest absolute Gasteiger partial charge is 0.311 e. The van der Waals surface area contributed by atoms with E-state index in [1.807, 2.05) is 18.2 Å². The number of carbonyl (C=O) groups excluding carboxylic acids is 1. The van der Waals surface area contributed by atoms with Crippen molar-refractivity contribution in [2.45, 2.75) is 19.3 Å². The molecule has 1 aromatic heterocycles. The summed E-state index contributed by atoms with van der Waals surface area (Å²) in [5.41, 5.74) is 0.708. The second kappa shape index (κ2) is 4.67. The number of benzene rings is 1. The SMILES string of the molecule is O=C(NCC1(C(=O)O)CCC1)c1cccc2[nH]ccc12. The number of nitrogens with one attached hydrogen (secondary N) is 2. The molecule has 1 aromatic carbocycles. The topological polar surface area (TPSA) is 82.2 Å². The molecule has 1 aliphatic rings. The molecule has 0 saturated heterocycles. The van der Waals surface area contributed by atoms with Gasteiger partial charge in [0.1, 0.15) is 0 Å². The lowest BCUT2D eigenvalue weighted by atomic mass is 9.69. The highest BCUT2D eigenvalue weighted by Gasteiger charge is 2.44. The van der Waals surface area contributed by atoms with Crippen LogP contribution in [0, 0.1) is 5.41 Å². The predicted molar refractivity (Wildman–Crippen MR) is 74.6 cm³/mol. The lowest BCUT2D eigenvalue weighted by Crippen LogP contribution is -2.47. The first-order valence-corrected chi connectivity index (χ1v) is 6.70. The summed E-state index contributed by atoms with van der Waals surface area (Å²) in [4.78, 5) is 26.6. The maximum atomic E-state index is 12.2. The Morgan fingerprint density at radius 2 is 2.10 bits per heavy atom. The van der Waals surface area contributed by atoms with Crippen LogP contribution < -0.4 is 5.32 Å². The Morgan fingerprint density at radius 3 is 2.75 bits per heavy atom. The van der Waals surface area contributed by atoms with Gasteiger partial charge in [-0.05, 0) is 31.0 Å². The van der Waals surface area contributed by atoms with E-state index >= 15 is 0 Å². The van der Waals surface area contributed by atoms with Crippen LogP contribution in [0.3, 0.4) is 0 Å². The summed E-state index contributed by atoms with van der Waals surface area (Å²) in [5, 5.41) is 12.9. The minimum absolute atomic E-state index is 0.196. The van der Waals surface area contributed by atoms with Crippen molar-refractivity contribution in [3.8, 4) is 0 Å². The fourth-order valence-electron chi connectivity index (χ4n) is 2.70. The Morgan fingerprint density at radius 1 is 1.30 bits per heavy atom. The van der Waals surface area contributed by atoms with Gasteiger partial charge in [-0.15, -0.1) is 0 Å². The summed E-state index contributed by atoms with van der Waals surface area (Å²) in [7, 11) is 0. The molecule has 5 nitrogen and oxygen atoms in total. The molecule has 0 unspecified atom stereocenters. The van der Waals surface area contributed by atoms with Crippen molar-refractivity contribution in [3.05, 3.63) is 36.0 Å². The molecule has 2 aromatic rings. The molecular weight excluding hydrogens is 256 g/mol. The van der Waals surface area contributed by atoms with Gasteiger partial charge in [0.05, 0.1) is 5.41 Å². The number of carbonyl (C=O) groups is 2. The minimum Gasteiger partial charge on any atom is -0.481 e. The minimum atomic E-state index is -0.816. The molecular formula is C15H16N2O3. The molecule has 3 N–H and O–H groups in total. The third kappa shape index (κ3) is 1.95. The molecule has 1 fully saturated rings. The van der Waals surface area contributed by atoms with Gasteiger partial charge in [-0.3, -0.25) is 9.59 Å². The Kier molecular flexibility index (Phi) is 2.97. The maximum absolute atomic E-state index is 12.2. The second-order valence-electron chi connectivity index (χ2n) is 5.37. The quantitative estimate of drug-likeness (QED) is 0.797. The average molecular weight is 272 g/mol. The molecule has 1 aliphatic carbocycles. The Labute approximate surface area is 116 Å². The van der Waals surface area contributed by atoms with Gasteiger partial charge in [0.25, 0.3) is 5.91 Å². The van der Waals surface area contributed by atoms with Crippen LogP contribution >= 0.6 is 0 Å². The number of carboxylic acids is 1. The lowest BCUT2D eigenvalue weighted by molar-refractivity contribution is -0.153. The van der Waals surface area contributed by atoms with Crippen LogP contribution in [0.1, 0.15) is 29.6 Å². The van der Waals surface area contributed by atoms with E-state index < -0.39 is 11.4 Å². The van der Waals surface area contributed by atoms with Gasteiger partial charge >= 0.3 is 5.97 Å². The first-order chi connectivity index (χ1) is 9.62. The van der Waals surface area contributed by atoms with Gasteiger partial charge in [0.15, 0.2) is 0 Å². The van der Waals surface area contributed by atoms with E-state index in [4.69, 9.17) is 0 Å². The van der Waals surface area contributed by atoms with Crippen molar-refractivity contribution in [1.29, 1.82) is 0 Å². The highest BCUT2D eigenvalue weighted by Crippen LogP contribution is 2.40. The van der Waals surface area contributed by atoms with Crippen LogP contribution in [0.5, 0.6) is 0 Å². The van der Waals surface area contributed by atoms with Crippen molar-refractivity contribution < 1.29 is 14.7 Å². The van der Waals surface area contributed by atoms with Crippen LogP contribution in [0.25, 0.3) is 10.9 Å². The molecule has 0 atom stereocenters. The van der Waals surface area contributed by atoms with Crippen molar-refractivity contribution in [2.24, 2.45) is 5.41 Å². The van der Waals surface area contributed by atoms with Gasteiger partial charge in [0.2, 0.25) is 0 Å². The highest BCUT2D eigenvalue weighted by molar-refractivity contribution is 6.06. The zero-order valence-electron chi connectivity index (χ0n) is 11.0. The van der Waals surface area contributed by atoms with E-state index in [1.165, 1.54) is 0 Å². The molecule has 0 bridgehead atoms. The second-order valence-corrected chi connectivity index (χ2v) is 5.37. The van der Waals surface area contributed by atoms with Crippen molar-refractivity contribution in [1.82, 2.24) is 10.3 Å². The maximum Gasteiger partial charge on any atom is 0.311 e. The molecule has 3 rings (SSSR count). The molecule has 1 saturated carbocycles. The van der Waals surface area contributed by atoms with Gasteiger partial charge in [0, 0.05) is 29.2 Å². The van der Waals surface area contributed by atoms with Gasteiger partial charge in [-0.2, -0.15) is 0 Å². The number of hydrogen-bond acceptors (Lipinski definition) is 2. The molecule has 5 heteroatoms. The molecule has 0 radical (unpaired) electrons. The summed E-state index contributed by atoms with van der Waals surface area (Å²) in [6.45, 7) is 0.196. The summed E-state index contributed by atoms with van der Waals surface area (Å²) >= 11 is 0. The summed E-state index contributed by atoms with van der Waals surface area (Å²) in [6.07, 6.45) is 3.97. The average Bonchev–Trinajstić information content (AvgIpc) is 2.84.